The molecule has 1 saturated carbocycles. The van der Waals surface area contributed by atoms with Crippen molar-refractivity contribution in [3.63, 3.8) is 0 Å². The normalized spacial score (nSPS) is 18.6. The van der Waals surface area contributed by atoms with Crippen LogP contribution in [0.15, 0.2) is 30.3 Å². The summed E-state index contributed by atoms with van der Waals surface area (Å²) in [5.74, 6) is 0.288. The van der Waals surface area contributed by atoms with Crippen molar-refractivity contribution in [2.45, 2.75) is 70.4 Å². The number of likely N-dealkylation sites (N-methyl/N-ethyl adjacent to an activating group) is 1. The molecule has 3 amide bonds. The van der Waals surface area contributed by atoms with Gasteiger partial charge in [-0.15, -0.1) is 0 Å². The van der Waals surface area contributed by atoms with Crippen molar-refractivity contribution in [2.24, 2.45) is 5.92 Å². The second-order valence-electron chi connectivity index (χ2n) is 9.80. The van der Waals surface area contributed by atoms with Gasteiger partial charge in [0.15, 0.2) is 0 Å². The molecule has 8 nitrogen and oxygen atoms in total. The van der Waals surface area contributed by atoms with Crippen molar-refractivity contribution >= 4 is 18.2 Å². The number of likely N-dealkylation sites (tertiary alicyclic amines) is 1. The largest absolute Gasteiger partial charge is 0.347 e. The van der Waals surface area contributed by atoms with E-state index >= 15 is 0 Å². The lowest BCUT2D eigenvalue weighted by Crippen LogP contribution is -2.54. The third-order valence-corrected chi connectivity index (χ3v) is 7.27. The zero-order valence-electron chi connectivity index (χ0n) is 22.5. The molecule has 2 fully saturated rings. The first-order valence-electron chi connectivity index (χ1n) is 13.7. The summed E-state index contributed by atoms with van der Waals surface area (Å²) in [4.78, 5) is 41.4. The average Bonchev–Trinajstić information content (AvgIpc) is 3.39. The minimum absolute atomic E-state index is 0.00128. The maximum absolute atomic E-state index is 13.5. The van der Waals surface area contributed by atoms with Gasteiger partial charge in [0.1, 0.15) is 6.04 Å². The fraction of sp³-hybridized carbons (Fsp3) is 0.679. The minimum atomic E-state index is -0.445. The van der Waals surface area contributed by atoms with Gasteiger partial charge in [-0.25, -0.2) is 0 Å². The molecule has 1 aliphatic heterocycles. The van der Waals surface area contributed by atoms with Crippen LogP contribution in [0.4, 0.5) is 0 Å². The number of nitrogens with zero attached hydrogens (tertiary/aromatic N) is 2. The molecule has 1 aliphatic carbocycles. The molecule has 202 valence electrons. The van der Waals surface area contributed by atoms with Crippen LogP contribution in [-0.4, -0.2) is 86.9 Å². The third kappa shape index (κ3) is 9.54. The lowest BCUT2D eigenvalue weighted by molar-refractivity contribution is -0.139. The number of carbonyl (C=O) groups excluding carboxylic acids is 3. The highest BCUT2D eigenvalue weighted by Gasteiger charge is 2.38. The van der Waals surface area contributed by atoms with Gasteiger partial charge < -0.3 is 25.8 Å². The van der Waals surface area contributed by atoms with E-state index in [9.17, 15) is 14.4 Å². The lowest BCUT2D eigenvalue weighted by atomic mass is 9.83. The summed E-state index contributed by atoms with van der Waals surface area (Å²) < 4.78 is 0. The van der Waals surface area contributed by atoms with Gasteiger partial charge in [0.05, 0.1) is 6.54 Å². The molecule has 2 atom stereocenters. The summed E-state index contributed by atoms with van der Waals surface area (Å²) in [6.45, 7) is 5.28. The molecule has 8 heteroatoms. The van der Waals surface area contributed by atoms with Crippen LogP contribution in [-0.2, 0) is 20.8 Å². The maximum atomic E-state index is 13.5. The SMILES string of the molecule is CCNC.CNCC(=O)N(CCc1ccccc1)CC1CCCN1C(=O)C(NC=O)C1CCCCC1. The predicted octanol–water partition coefficient (Wildman–Crippen LogP) is 2.19. The van der Waals surface area contributed by atoms with Gasteiger partial charge in [-0.1, -0.05) is 56.5 Å². The van der Waals surface area contributed by atoms with E-state index in [1.165, 1.54) is 12.0 Å². The molecule has 3 rings (SSSR count). The molecule has 1 aromatic carbocycles. The Morgan fingerprint density at radius 1 is 1.06 bits per heavy atom. The van der Waals surface area contributed by atoms with Crippen molar-refractivity contribution in [3.05, 3.63) is 35.9 Å². The molecule has 1 aromatic rings. The summed E-state index contributed by atoms with van der Waals surface area (Å²) in [6, 6.07) is 9.72. The van der Waals surface area contributed by atoms with E-state index in [4.69, 9.17) is 0 Å². The molecular formula is C28H47N5O3. The van der Waals surface area contributed by atoms with Crippen molar-refractivity contribution in [1.82, 2.24) is 25.8 Å². The molecule has 2 unspecified atom stereocenters. The van der Waals surface area contributed by atoms with Crippen LogP contribution in [0.25, 0.3) is 0 Å². The molecular weight excluding hydrogens is 454 g/mol. The Bertz CT molecular complexity index is 768. The Kier molecular flexibility index (Phi) is 14.1. The second kappa shape index (κ2) is 17.1. The van der Waals surface area contributed by atoms with E-state index in [0.29, 0.717) is 26.0 Å². The van der Waals surface area contributed by atoms with E-state index in [-0.39, 0.29) is 30.3 Å². The van der Waals surface area contributed by atoms with E-state index in [1.807, 2.05) is 35.0 Å². The molecule has 2 aliphatic rings. The quantitative estimate of drug-likeness (QED) is 0.382. The number of carbonyl (C=O) groups is 3. The zero-order chi connectivity index (χ0) is 26.2. The number of hydrogen-bond donors (Lipinski definition) is 3. The monoisotopic (exact) mass is 501 g/mol. The summed E-state index contributed by atoms with van der Waals surface area (Å²) in [7, 11) is 3.71. The summed E-state index contributed by atoms with van der Waals surface area (Å²) >= 11 is 0. The van der Waals surface area contributed by atoms with Crippen LogP contribution in [0.1, 0.15) is 57.4 Å². The average molecular weight is 502 g/mol. The van der Waals surface area contributed by atoms with Gasteiger partial charge in [0.2, 0.25) is 18.2 Å². The Hall–Kier alpha value is -2.45. The van der Waals surface area contributed by atoms with Gasteiger partial charge >= 0.3 is 0 Å². The van der Waals surface area contributed by atoms with Gasteiger partial charge in [0.25, 0.3) is 0 Å². The molecule has 1 heterocycles. The lowest BCUT2D eigenvalue weighted by Gasteiger charge is -2.36. The molecule has 1 saturated heterocycles. The van der Waals surface area contributed by atoms with E-state index in [0.717, 1.165) is 51.5 Å². The van der Waals surface area contributed by atoms with Crippen LogP contribution < -0.4 is 16.0 Å². The topological polar surface area (TPSA) is 93.8 Å². The van der Waals surface area contributed by atoms with Crippen LogP contribution in [0.2, 0.25) is 0 Å². The van der Waals surface area contributed by atoms with Crippen LogP contribution in [0.5, 0.6) is 0 Å². The van der Waals surface area contributed by atoms with Crippen molar-refractivity contribution in [3.8, 4) is 0 Å². The minimum Gasteiger partial charge on any atom is -0.347 e. The van der Waals surface area contributed by atoms with Gasteiger partial charge in [-0.2, -0.15) is 0 Å². The van der Waals surface area contributed by atoms with Crippen molar-refractivity contribution in [2.75, 3.05) is 46.8 Å². The number of benzene rings is 1. The standard InChI is InChI=1S/C25H38N4O3.C3H9N/c1-26-17-23(31)28(16-14-20-9-4-2-5-10-20)18-22-13-8-15-29(22)25(32)24(27-19-30)21-11-6-3-7-12-21;1-3-4-2/h2,4-5,9-10,19,21-22,24,26H,3,6-8,11-18H2,1H3,(H,27,30);4H,3H2,1-2H3. The Labute approximate surface area is 217 Å². The predicted molar refractivity (Wildman–Crippen MR) is 145 cm³/mol. The van der Waals surface area contributed by atoms with E-state index in [1.54, 1.807) is 7.05 Å². The first-order valence-corrected chi connectivity index (χ1v) is 13.7. The highest BCUT2D eigenvalue weighted by Crippen LogP contribution is 2.29. The fourth-order valence-corrected chi connectivity index (χ4v) is 5.19. The fourth-order valence-electron chi connectivity index (χ4n) is 5.19. The highest BCUT2D eigenvalue weighted by atomic mass is 16.2. The number of amides is 3. The molecule has 0 bridgehead atoms. The molecule has 3 N–H and O–H groups in total. The summed E-state index contributed by atoms with van der Waals surface area (Å²) in [5.41, 5.74) is 1.20. The molecule has 36 heavy (non-hydrogen) atoms. The summed E-state index contributed by atoms with van der Waals surface area (Å²) in [5, 5.41) is 8.72. The molecule has 0 aromatic heterocycles. The first kappa shape index (κ1) is 29.8. The van der Waals surface area contributed by atoms with Crippen LogP contribution in [0.3, 0.4) is 0 Å². The van der Waals surface area contributed by atoms with Gasteiger partial charge in [-0.3, -0.25) is 14.4 Å². The highest BCUT2D eigenvalue weighted by molar-refractivity contribution is 5.85. The Morgan fingerprint density at radius 3 is 2.36 bits per heavy atom. The maximum Gasteiger partial charge on any atom is 0.245 e. The number of rotatable bonds is 12. The Balaban J connectivity index is 0.00000106. The van der Waals surface area contributed by atoms with Gasteiger partial charge in [-0.05, 0) is 64.2 Å². The number of hydrogen-bond acceptors (Lipinski definition) is 5. The Morgan fingerprint density at radius 2 is 1.75 bits per heavy atom. The molecule has 0 radical (unpaired) electrons. The van der Waals surface area contributed by atoms with E-state index in [2.05, 4.69) is 35.0 Å². The van der Waals surface area contributed by atoms with Crippen LogP contribution >= 0.6 is 0 Å². The van der Waals surface area contributed by atoms with Crippen LogP contribution in [0, 0.1) is 5.92 Å². The van der Waals surface area contributed by atoms with Crippen molar-refractivity contribution in [1.29, 1.82) is 0 Å². The summed E-state index contributed by atoms with van der Waals surface area (Å²) in [6.07, 6.45) is 8.68. The smallest absolute Gasteiger partial charge is 0.245 e. The van der Waals surface area contributed by atoms with E-state index < -0.39 is 6.04 Å². The second-order valence-corrected chi connectivity index (χ2v) is 9.80. The third-order valence-electron chi connectivity index (χ3n) is 7.27. The zero-order valence-corrected chi connectivity index (χ0v) is 22.5. The van der Waals surface area contributed by atoms with Crippen molar-refractivity contribution < 1.29 is 14.4 Å². The first-order chi connectivity index (χ1) is 17.5. The number of nitrogens with one attached hydrogen (secondary N) is 3. The molecule has 0 spiro atoms. The van der Waals surface area contributed by atoms with Gasteiger partial charge in [0, 0.05) is 25.7 Å².